The minimum Gasteiger partial charge on any atom is -0.460 e. The summed E-state index contributed by atoms with van der Waals surface area (Å²) in [5.41, 5.74) is 1.64. The molecule has 0 spiro atoms. The van der Waals surface area contributed by atoms with Gasteiger partial charge in [-0.3, -0.25) is 9.59 Å². The SMILES string of the molecule is CC(=O)NC12CC3CC(C1)CC(C(=O)OCc1ccccc1C)(C3)C2. The van der Waals surface area contributed by atoms with Crippen molar-refractivity contribution in [2.24, 2.45) is 17.3 Å². The molecular formula is C21H27NO3. The number of benzene rings is 1. The van der Waals surface area contributed by atoms with Gasteiger partial charge in [-0.1, -0.05) is 24.3 Å². The summed E-state index contributed by atoms with van der Waals surface area (Å²) in [4.78, 5) is 24.8. The van der Waals surface area contributed by atoms with Crippen molar-refractivity contribution in [3.05, 3.63) is 35.4 Å². The topological polar surface area (TPSA) is 55.4 Å². The summed E-state index contributed by atoms with van der Waals surface area (Å²) in [7, 11) is 0. The summed E-state index contributed by atoms with van der Waals surface area (Å²) in [6, 6.07) is 8.03. The maximum absolute atomic E-state index is 13.1. The molecule has 4 bridgehead atoms. The summed E-state index contributed by atoms with van der Waals surface area (Å²) in [5.74, 6) is 1.04. The summed E-state index contributed by atoms with van der Waals surface area (Å²) in [6.07, 6.45) is 5.86. The Morgan fingerprint density at radius 3 is 2.48 bits per heavy atom. The van der Waals surface area contributed by atoms with E-state index in [0.717, 1.165) is 43.2 Å². The fourth-order valence-corrected chi connectivity index (χ4v) is 6.09. The van der Waals surface area contributed by atoms with E-state index in [0.29, 0.717) is 18.4 Å². The van der Waals surface area contributed by atoms with Crippen LogP contribution in [0, 0.1) is 24.2 Å². The van der Waals surface area contributed by atoms with Gasteiger partial charge < -0.3 is 10.1 Å². The van der Waals surface area contributed by atoms with Crippen LogP contribution in [0.2, 0.25) is 0 Å². The van der Waals surface area contributed by atoms with Gasteiger partial charge in [0.05, 0.1) is 5.41 Å². The lowest BCUT2D eigenvalue weighted by molar-refractivity contribution is -0.177. The molecule has 0 radical (unpaired) electrons. The number of aryl methyl sites for hydroxylation is 1. The minimum absolute atomic E-state index is 0.0189. The number of amides is 1. The molecule has 2 unspecified atom stereocenters. The van der Waals surface area contributed by atoms with Crippen LogP contribution in [0.25, 0.3) is 0 Å². The molecule has 4 saturated carbocycles. The van der Waals surface area contributed by atoms with E-state index in [1.54, 1.807) is 6.92 Å². The van der Waals surface area contributed by atoms with Crippen LogP contribution in [0.5, 0.6) is 0 Å². The second-order valence-electron chi connectivity index (χ2n) is 8.71. The van der Waals surface area contributed by atoms with Gasteiger partial charge >= 0.3 is 5.97 Å². The Labute approximate surface area is 149 Å². The van der Waals surface area contributed by atoms with Crippen molar-refractivity contribution in [1.29, 1.82) is 0 Å². The Hall–Kier alpha value is -1.84. The molecule has 1 amide bonds. The van der Waals surface area contributed by atoms with Gasteiger partial charge in [0.25, 0.3) is 0 Å². The van der Waals surface area contributed by atoms with Crippen LogP contribution < -0.4 is 5.32 Å². The van der Waals surface area contributed by atoms with Gasteiger partial charge in [0, 0.05) is 12.5 Å². The van der Waals surface area contributed by atoms with E-state index in [9.17, 15) is 9.59 Å². The predicted molar refractivity (Wildman–Crippen MR) is 94.6 cm³/mol. The zero-order valence-electron chi connectivity index (χ0n) is 15.1. The van der Waals surface area contributed by atoms with E-state index >= 15 is 0 Å². The highest BCUT2D eigenvalue weighted by Gasteiger charge is 2.61. The number of nitrogens with one attached hydrogen (secondary N) is 1. The molecule has 0 aromatic heterocycles. The monoisotopic (exact) mass is 341 g/mol. The molecule has 4 nitrogen and oxygen atoms in total. The first-order valence-electron chi connectivity index (χ1n) is 9.40. The van der Waals surface area contributed by atoms with E-state index in [-0.39, 0.29) is 17.4 Å². The van der Waals surface area contributed by atoms with Crippen molar-refractivity contribution < 1.29 is 14.3 Å². The first-order valence-corrected chi connectivity index (χ1v) is 9.40. The van der Waals surface area contributed by atoms with Crippen molar-refractivity contribution in [3.63, 3.8) is 0 Å². The third-order valence-electron chi connectivity index (χ3n) is 6.56. The molecule has 4 fully saturated rings. The minimum atomic E-state index is -0.394. The molecule has 0 aliphatic heterocycles. The first kappa shape index (κ1) is 16.6. The van der Waals surface area contributed by atoms with Crippen LogP contribution in [0.4, 0.5) is 0 Å². The van der Waals surface area contributed by atoms with Crippen LogP contribution in [-0.2, 0) is 20.9 Å². The highest BCUT2D eigenvalue weighted by Crippen LogP contribution is 2.62. The van der Waals surface area contributed by atoms with E-state index < -0.39 is 5.41 Å². The van der Waals surface area contributed by atoms with Gasteiger partial charge in [-0.2, -0.15) is 0 Å². The number of ether oxygens (including phenoxy) is 1. The van der Waals surface area contributed by atoms with Crippen LogP contribution in [-0.4, -0.2) is 17.4 Å². The van der Waals surface area contributed by atoms with Gasteiger partial charge in [-0.05, 0) is 68.4 Å². The lowest BCUT2D eigenvalue weighted by atomic mass is 9.47. The number of carbonyl (C=O) groups is 2. The lowest BCUT2D eigenvalue weighted by Crippen LogP contribution is -2.64. The van der Waals surface area contributed by atoms with E-state index in [4.69, 9.17) is 4.74 Å². The molecule has 25 heavy (non-hydrogen) atoms. The summed E-state index contributed by atoms with van der Waals surface area (Å²) >= 11 is 0. The van der Waals surface area contributed by atoms with Gasteiger partial charge in [0.1, 0.15) is 6.61 Å². The van der Waals surface area contributed by atoms with E-state index in [2.05, 4.69) is 5.32 Å². The smallest absolute Gasteiger partial charge is 0.312 e. The van der Waals surface area contributed by atoms with Crippen molar-refractivity contribution in [3.8, 4) is 0 Å². The third kappa shape index (κ3) is 2.96. The second kappa shape index (κ2) is 5.86. The van der Waals surface area contributed by atoms with Crippen molar-refractivity contribution in [2.75, 3.05) is 0 Å². The van der Waals surface area contributed by atoms with Gasteiger partial charge in [-0.15, -0.1) is 0 Å². The van der Waals surface area contributed by atoms with Gasteiger partial charge in [-0.25, -0.2) is 0 Å². The Morgan fingerprint density at radius 1 is 1.16 bits per heavy atom. The highest BCUT2D eigenvalue weighted by atomic mass is 16.5. The van der Waals surface area contributed by atoms with Crippen LogP contribution >= 0.6 is 0 Å². The first-order chi connectivity index (χ1) is 11.9. The summed E-state index contributed by atoms with van der Waals surface area (Å²) in [6.45, 7) is 3.97. The van der Waals surface area contributed by atoms with Gasteiger partial charge in [0.15, 0.2) is 0 Å². The number of hydrogen-bond acceptors (Lipinski definition) is 3. The predicted octanol–water partition coefficient (Wildman–Crippen LogP) is 3.51. The Kier molecular flexibility index (Phi) is 3.89. The molecule has 0 saturated heterocycles. The Bertz CT molecular complexity index is 697. The molecule has 4 heteroatoms. The van der Waals surface area contributed by atoms with Gasteiger partial charge in [0.2, 0.25) is 5.91 Å². The molecule has 1 aromatic carbocycles. The lowest BCUT2D eigenvalue weighted by Gasteiger charge is -2.60. The molecule has 4 aliphatic carbocycles. The van der Waals surface area contributed by atoms with Crippen molar-refractivity contribution in [1.82, 2.24) is 5.32 Å². The Morgan fingerprint density at radius 2 is 1.84 bits per heavy atom. The zero-order chi connectivity index (χ0) is 17.7. The maximum Gasteiger partial charge on any atom is 0.312 e. The van der Waals surface area contributed by atoms with E-state index in [1.807, 2.05) is 31.2 Å². The number of hydrogen-bond donors (Lipinski definition) is 1. The highest BCUT2D eigenvalue weighted by molar-refractivity contribution is 5.79. The number of rotatable bonds is 4. The average Bonchev–Trinajstić information content (AvgIpc) is 2.51. The van der Waals surface area contributed by atoms with Crippen molar-refractivity contribution >= 4 is 11.9 Å². The summed E-state index contributed by atoms with van der Waals surface area (Å²) in [5, 5.41) is 3.20. The maximum atomic E-state index is 13.1. The molecule has 2 atom stereocenters. The fraction of sp³-hybridized carbons (Fsp3) is 0.619. The molecule has 5 rings (SSSR count). The molecule has 4 aliphatic rings. The molecule has 134 valence electrons. The molecule has 1 N–H and O–H groups in total. The number of esters is 1. The zero-order valence-corrected chi connectivity index (χ0v) is 15.1. The largest absolute Gasteiger partial charge is 0.460 e. The van der Waals surface area contributed by atoms with Crippen LogP contribution in [0.15, 0.2) is 24.3 Å². The standard InChI is InChI=1S/C21H27NO3/c1-14-5-3-4-6-18(14)12-25-19(24)20-8-16-7-17(9-20)11-21(10-16,13-20)22-15(2)23/h3-6,16-17H,7-13H2,1-2H3,(H,22,23). The molecule has 0 heterocycles. The van der Waals surface area contributed by atoms with Crippen molar-refractivity contribution in [2.45, 2.75) is 64.5 Å². The average molecular weight is 341 g/mol. The second-order valence-corrected chi connectivity index (χ2v) is 8.71. The molecular weight excluding hydrogens is 314 g/mol. The third-order valence-corrected chi connectivity index (χ3v) is 6.56. The summed E-state index contributed by atoms with van der Waals surface area (Å²) < 4.78 is 5.79. The Balaban J connectivity index is 1.52. The van der Waals surface area contributed by atoms with Crippen LogP contribution in [0.1, 0.15) is 56.6 Å². The van der Waals surface area contributed by atoms with Crippen LogP contribution in [0.3, 0.4) is 0 Å². The number of carbonyl (C=O) groups excluding carboxylic acids is 2. The van der Waals surface area contributed by atoms with E-state index in [1.165, 1.54) is 6.42 Å². The fourth-order valence-electron chi connectivity index (χ4n) is 6.09. The molecule has 1 aromatic rings. The quantitative estimate of drug-likeness (QED) is 0.853. The normalized spacial score (nSPS) is 35.4.